The molecule has 0 bridgehead atoms. The van der Waals surface area contributed by atoms with Gasteiger partial charge in [0, 0.05) is 11.8 Å². The summed E-state index contributed by atoms with van der Waals surface area (Å²) in [6.45, 7) is 0. The molecule has 1 amide bonds. The Morgan fingerprint density at radius 1 is 1.25 bits per heavy atom. The van der Waals surface area contributed by atoms with Gasteiger partial charge in [-0.3, -0.25) is 4.79 Å². The molecule has 0 unspecified atom stereocenters. The van der Waals surface area contributed by atoms with Crippen molar-refractivity contribution in [2.75, 3.05) is 10.6 Å². The summed E-state index contributed by atoms with van der Waals surface area (Å²) in [6.07, 6.45) is 1.62. The van der Waals surface area contributed by atoms with Crippen LogP contribution in [0.2, 0.25) is 0 Å². The van der Waals surface area contributed by atoms with E-state index >= 15 is 0 Å². The van der Waals surface area contributed by atoms with Crippen LogP contribution in [0.15, 0.2) is 29.2 Å². The Morgan fingerprint density at radius 3 is 2.50 bits per heavy atom. The number of para-hydroxylation sites is 1. The number of amides is 1. The molecule has 0 spiro atoms. The summed E-state index contributed by atoms with van der Waals surface area (Å²) < 4.78 is 48.1. The lowest BCUT2D eigenvalue weighted by Crippen LogP contribution is -2.17. The first-order chi connectivity index (χ1) is 9.39. The van der Waals surface area contributed by atoms with Crippen molar-refractivity contribution in [3.05, 3.63) is 24.3 Å². The van der Waals surface area contributed by atoms with Gasteiger partial charge in [0.1, 0.15) is 0 Å². The van der Waals surface area contributed by atoms with Crippen LogP contribution in [-0.2, 0) is 14.6 Å². The van der Waals surface area contributed by atoms with Gasteiger partial charge in [-0.05, 0) is 25.0 Å². The topological polar surface area (TPSA) is 63.2 Å². The second-order valence-electron chi connectivity index (χ2n) is 4.00. The number of unbranched alkanes of at least 4 members (excludes halogenated alkanes) is 1. The minimum absolute atomic E-state index is 0.114. The molecule has 0 radical (unpaired) electrons. The van der Waals surface area contributed by atoms with Crippen molar-refractivity contribution < 1.29 is 22.0 Å². The van der Waals surface area contributed by atoms with Gasteiger partial charge in [0.15, 0.2) is 0 Å². The third-order valence-corrected chi connectivity index (χ3v) is 4.49. The third kappa shape index (κ3) is 4.52. The zero-order valence-corrected chi connectivity index (χ0v) is 12.9. The highest BCUT2D eigenvalue weighted by molar-refractivity contribution is 9.09. The molecule has 1 aromatic carbocycles. The van der Waals surface area contributed by atoms with Crippen molar-refractivity contribution >= 4 is 37.4 Å². The van der Waals surface area contributed by atoms with Crippen molar-refractivity contribution in [3.63, 3.8) is 0 Å². The lowest BCUT2D eigenvalue weighted by Gasteiger charge is -2.11. The minimum atomic E-state index is -4.73. The monoisotopic (exact) mass is 369 g/mol. The van der Waals surface area contributed by atoms with Crippen LogP contribution in [0.1, 0.15) is 19.3 Å². The van der Waals surface area contributed by atoms with Crippen LogP contribution in [0, 0.1) is 0 Å². The molecule has 0 fully saturated rings. The molecule has 0 saturated carbocycles. The van der Waals surface area contributed by atoms with Gasteiger partial charge in [0.05, 0.1) is 10.6 Å². The first kappa shape index (κ1) is 17.0. The Bertz CT molecular complexity index is 564. The second-order valence-corrected chi connectivity index (χ2v) is 6.68. The molecule has 0 aromatic heterocycles. The van der Waals surface area contributed by atoms with E-state index in [2.05, 4.69) is 21.2 Å². The van der Waals surface area contributed by atoms with Gasteiger partial charge in [-0.2, -0.15) is 8.78 Å². The smallest absolute Gasteiger partial charge is 0.325 e. The van der Waals surface area contributed by atoms with Gasteiger partial charge < -0.3 is 5.32 Å². The van der Waals surface area contributed by atoms with Gasteiger partial charge in [-0.15, -0.1) is 0 Å². The average molecular weight is 370 g/mol. The van der Waals surface area contributed by atoms with E-state index in [0.29, 0.717) is 6.42 Å². The summed E-state index contributed by atoms with van der Waals surface area (Å²) in [4.78, 5) is 11.1. The van der Waals surface area contributed by atoms with Crippen molar-refractivity contribution in [1.29, 1.82) is 0 Å². The predicted molar refractivity (Wildman–Crippen MR) is 75.9 cm³/mol. The quantitative estimate of drug-likeness (QED) is 0.592. The van der Waals surface area contributed by atoms with Gasteiger partial charge in [-0.25, -0.2) is 8.42 Å². The molecule has 0 aliphatic heterocycles. The maximum atomic E-state index is 12.6. The normalized spacial score (nSPS) is 11.6. The fraction of sp³-hybridized carbons (Fsp3) is 0.417. The summed E-state index contributed by atoms with van der Waals surface area (Å²) in [5.74, 6) is -3.92. The van der Waals surface area contributed by atoms with E-state index in [0.717, 1.165) is 17.8 Å². The number of alkyl halides is 3. The van der Waals surface area contributed by atoms with E-state index in [1.54, 1.807) is 0 Å². The summed E-state index contributed by atoms with van der Waals surface area (Å²) in [5.41, 5.74) is -0.114. The Labute approximate surface area is 124 Å². The van der Waals surface area contributed by atoms with Crippen LogP contribution in [-0.4, -0.2) is 25.4 Å². The van der Waals surface area contributed by atoms with Gasteiger partial charge >= 0.3 is 5.76 Å². The molecule has 20 heavy (non-hydrogen) atoms. The molecule has 0 heterocycles. The summed E-state index contributed by atoms with van der Waals surface area (Å²) in [6, 6.07) is 5.14. The average Bonchev–Trinajstić information content (AvgIpc) is 2.39. The van der Waals surface area contributed by atoms with Crippen LogP contribution in [0.3, 0.4) is 0 Å². The van der Waals surface area contributed by atoms with Crippen LogP contribution >= 0.6 is 15.9 Å². The molecular weight excluding hydrogens is 356 g/mol. The van der Waals surface area contributed by atoms with E-state index in [9.17, 15) is 22.0 Å². The molecule has 0 saturated heterocycles. The maximum absolute atomic E-state index is 12.6. The Kier molecular flexibility index (Phi) is 6.54. The van der Waals surface area contributed by atoms with E-state index in [1.165, 1.54) is 18.2 Å². The Morgan fingerprint density at radius 2 is 1.90 bits per heavy atom. The van der Waals surface area contributed by atoms with Crippen molar-refractivity contribution in [2.45, 2.75) is 29.9 Å². The highest BCUT2D eigenvalue weighted by Crippen LogP contribution is 2.26. The number of nitrogens with one attached hydrogen (secondary N) is 1. The molecule has 4 nitrogen and oxygen atoms in total. The van der Waals surface area contributed by atoms with Gasteiger partial charge in [0.25, 0.3) is 0 Å². The number of anilines is 1. The number of carbonyl (C=O) groups excluding carboxylic acids is 1. The van der Waals surface area contributed by atoms with Gasteiger partial charge in [0.2, 0.25) is 15.7 Å². The van der Waals surface area contributed by atoms with Crippen LogP contribution < -0.4 is 5.32 Å². The highest BCUT2D eigenvalue weighted by atomic mass is 79.9. The van der Waals surface area contributed by atoms with E-state index < -0.39 is 26.4 Å². The van der Waals surface area contributed by atoms with E-state index in [-0.39, 0.29) is 12.1 Å². The third-order valence-electron chi connectivity index (χ3n) is 2.49. The van der Waals surface area contributed by atoms with Crippen molar-refractivity contribution in [2.24, 2.45) is 0 Å². The SMILES string of the molecule is O=C(CCCCBr)Nc1ccccc1S(=O)(=O)C(F)F. The first-order valence-electron chi connectivity index (χ1n) is 5.86. The summed E-state index contributed by atoms with van der Waals surface area (Å²) in [5, 5.41) is 3.12. The zero-order chi connectivity index (χ0) is 15.2. The molecule has 112 valence electrons. The molecular formula is C12H14BrF2NO3S. The summed E-state index contributed by atoms with van der Waals surface area (Å²) >= 11 is 3.23. The molecule has 0 aliphatic rings. The van der Waals surface area contributed by atoms with Crippen molar-refractivity contribution in [1.82, 2.24) is 0 Å². The van der Waals surface area contributed by atoms with E-state index in [4.69, 9.17) is 0 Å². The minimum Gasteiger partial charge on any atom is -0.325 e. The first-order valence-corrected chi connectivity index (χ1v) is 8.53. The number of hydrogen-bond acceptors (Lipinski definition) is 3. The lowest BCUT2D eigenvalue weighted by atomic mass is 10.2. The molecule has 1 N–H and O–H groups in total. The maximum Gasteiger partial charge on any atom is 0.341 e. The molecule has 1 rings (SSSR count). The molecule has 0 aliphatic carbocycles. The fourth-order valence-electron chi connectivity index (χ4n) is 1.51. The Hall–Kier alpha value is -1.02. The number of rotatable bonds is 7. The van der Waals surface area contributed by atoms with E-state index in [1.807, 2.05) is 0 Å². The number of benzene rings is 1. The van der Waals surface area contributed by atoms with Crippen LogP contribution in [0.5, 0.6) is 0 Å². The van der Waals surface area contributed by atoms with Gasteiger partial charge in [-0.1, -0.05) is 28.1 Å². The van der Waals surface area contributed by atoms with Crippen LogP contribution in [0.25, 0.3) is 0 Å². The van der Waals surface area contributed by atoms with Crippen molar-refractivity contribution in [3.8, 4) is 0 Å². The number of hydrogen-bond donors (Lipinski definition) is 1. The number of sulfone groups is 1. The molecule has 8 heteroatoms. The summed E-state index contributed by atoms with van der Waals surface area (Å²) in [7, 11) is -4.73. The number of halogens is 3. The largest absolute Gasteiger partial charge is 0.341 e. The second kappa shape index (κ2) is 7.68. The van der Waals surface area contributed by atoms with Crippen LogP contribution in [0.4, 0.5) is 14.5 Å². The molecule has 0 atom stereocenters. The fourth-order valence-corrected chi connectivity index (χ4v) is 2.79. The zero-order valence-electron chi connectivity index (χ0n) is 10.5. The number of carbonyl (C=O) groups is 1. The standard InChI is InChI=1S/C12H14BrF2NO3S/c13-8-4-3-7-11(17)16-9-5-1-2-6-10(9)20(18,19)12(14)15/h1-2,5-6,12H,3-4,7-8H2,(H,16,17). The lowest BCUT2D eigenvalue weighted by molar-refractivity contribution is -0.116. The Balaban J connectivity index is 2.89. The molecule has 1 aromatic rings. The highest BCUT2D eigenvalue weighted by Gasteiger charge is 2.29. The predicted octanol–water partition coefficient (Wildman–Crippen LogP) is 3.19.